The molecule has 1 heterocycles. The smallest absolute Gasteiger partial charge is 0.0692 e. The zero-order valence-corrected chi connectivity index (χ0v) is 13.3. The molecule has 116 valence electrons. The molecule has 21 heavy (non-hydrogen) atoms. The number of benzene rings is 1. The highest BCUT2D eigenvalue weighted by Gasteiger charge is 2.36. The van der Waals surface area contributed by atoms with Gasteiger partial charge < -0.3 is 15.8 Å². The van der Waals surface area contributed by atoms with Crippen molar-refractivity contribution in [1.29, 1.82) is 0 Å². The van der Waals surface area contributed by atoms with Crippen molar-refractivity contribution in [3.8, 4) is 0 Å². The number of fused-ring (bicyclic) bond motifs is 1. The number of nitrogen functional groups attached to an aromatic ring is 1. The predicted octanol–water partition coefficient (Wildman–Crippen LogP) is 3.58. The number of anilines is 1. The number of ether oxygens (including phenoxy) is 1. The lowest BCUT2D eigenvalue weighted by Crippen LogP contribution is -2.47. The SMILES string of the molecule is CCC1(CC)CC(NC2CCc3cc(N)ccc32)CCO1. The molecule has 1 fully saturated rings. The van der Waals surface area contributed by atoms with Crippen LogP contribution in [0.3, 0.4) is 0 Å². The maximum Gasteiger partial charge on any atom is 0.0692 e. The second kappa shape index (κ2) is 5.98. The molecule has 1 aromatic rings. The number of rotatable bonds is 4. The van der Waals surface area contributed by atoms with E-state index >= 15 is 0 Å². The van der Waals surface area contributed by atoms with Gasteiger partial charge in [-0.2, -0.15) is 0 Å². The van der Waals surface area contributed by atoms with E-state index in [2.05, 4.69) is 31.3 Å². The van der Waals surface area contributed by atoms with Crippen molar-refractivity contribution in [1.82, 2.24) is 5.32 Å². The van der Waals surface area contributed by atoms with Gasteiger partial charge in [-0.15, -0.1) is 0 Å². The molecule has 3 heteroatoms. The summed E-state index contributed by atoms with van der Waals surface area (Å²) in [4.78, 5) is 0. The standard InChI is InChI=1S/C18H28N2O/c1-3-18(4-2)12-15(9-10-21-18)20-17-8-5-13-11-14(19)6-7-16(13)17/h6-7,11,15,17,20H,3-5,8-10,12,19H2,1-2H3. The van der Waals surface area contributed by atoms with Crippen molar-refractivity contribution >= 4 is 5.69 Å². The van der Waals surface area contributed by atoms with E-state index in [0.29, 0.717) is 12.1 Å². The second-order valence-electron chi connectivity index (χ2n) is 6.64. The van der Waals surface area contributed by atoms with Gasteiger partial charge in [0.05, 0.1) is 5.60 Å². The predicted molar refractivity (Wildman–Crippen MR) is 87.3 cm³/mol. The van der Waals surface area contributed by atoms with E-state index in [1.165, 1.54) is 17.5 Å². The van der Waals surface area contributed by atoms with Crippen molar-refractivity contribution in [3.63, 3.8) is 0 Å². The van der Waals surface area contributed by atoms with Crippen LogP contribution >= 0.6 is 0 Å². The lowest BCUT2D eigenvalue weighted by atomic mass is 9.85. The van der Waals surface area contributed by atoms with Crippen molar-refractivity contribution in [2.24, 2.45) is 0 Å². The summed E-state index contributed by atoms with van der Waals surface area (Å²) in [6.45, 7) is 5.39. The molecule has 0 radical (unpaired) electrons. The summed E-state index contributed by atoms with van der Waals surface area (Å²) < 4.78 is 6.09. The van der Waals surface area contributed by atoms with E-state index in [4.69, 9.17) is 10.5 Å². The quantitative estimate of drug-likeness (QED) is 0.832. The molecule has 1 saturated heterocycles. The molecule has 0 bridgehead atoms. The molecular weight excluding hydrogens is 260 g/mol. The maximum absolute atomic E-state index is 6.09. The minimum absolute atomic E-state index is 0.0957. The fourth-order valence-corrected chi connectivity index (χ4v) is 4.01. The average molecular weight is 288 g/mol. The molecular formula is C18H28N2O. The normalized spacial score (nSPS) is 27.5. The van der Waals surface area contributed by atoms with Crippen LogP contribution in [0, 0.1) is 0 Å². The molecule has 0 amide bonds. The van der Waals surface area contributed by atoms with Crippen LogP contribution in [-0.4, -0.2) is 18.2 Å². The first-order valence-corrected chi connectivity index (χ1v) is 8.44. The summed E-state index contributed by atoms with van der Waals surface area (Å²) in [5.41, 5.74) is 9.76. The summed E-state index contributed by atoms with van der Waals surface area (Å²) in [7, 11) is 0. The van der Waals surface area contributed by atoms with Crippen LogP contribution in [0.1, 0.15) is 63.1 Å². The van der Waals surface area contributed by atoms with E-state index < -0.39 is 0 Å². The first kappa shape index (κ1) is 14.9. The van der Waals surface area contributed by atoms with Gasteiger partial charge in [-0.1, -0.05) is 19.9 Å². The monoisotopic (exact) mass is 288 g/mol. The van der Waals surface area contributed by atoms with E-state index in [1.807, 2.05) is 6.07 Å². The Morgan fingerprint density at radius 3 is 2.86 bits per heavy atom. The second-order valence-corrected chi connectivity index (χ2v) is 6.64. The molecule has 3 nitrogen and oxygen atoms in total. The third-order valence-electron chi connectivity index (χ3n) is 5.46. The number of nitrogens with two attached hydrogens (primary N) is 1. The molecule has 2 atom stereocenters. The van der Waals surface area contributed by atoms with Gasteiger partial charge in [-0.25, -0.2) is 0 Å². The first-order valence-electron chi connectivity index (χ1n) is 8.44. The molecule has 1 aromatic carbocycles. The van der Waals surface area contributed by atoms with Crippen molar-refractivity contribution in [2.45, 2.75) is 70.1 Å². The summed E-state index contributed by atoms with van der Waals surface area (Å²) >= 11 is 0. The van der Waals surface area contributed by atoms with E-state index in [0.717, 1.165) is 44.4 Å². The van der Waals surface area contributed by atoms with Gasteiger partial charge in [-0.3, -0.25) is 0 Å². The highest BCUT2D eigenvalue weighted by Crippen LogP contribution is 2.36. The van der Waals surface area contributed by atoms with Gasteiger partial charge in [0.1, 0.15) is 0 Å². The zero-order chi connectivity index (χ0) is 14.9. The summed E-state index contributed by atoms with van der Waals surface area (Å²) in [5, 5.41) is 3.90. The topological polar surface area (TPSA) is 47.3 Å². The lowest BCUT2D eigenvalue weighted by molar-refractivity contribution is -0.0941. The van der Waals surface area contributed by atoms with Crippen LogP contribution in [0.5, 0.6) is 0 Å². The van der Waals surface area contributed by atoms with Gasteiger partial charge >= 0.3 is 0 Å². The van der Waals surface area contributed by atoms with E-state index in [1.54, 1.807) is 0 Å². The van der Waals surface area contributed by atoms with Crippen molar-refractivity contribution < 1.29 is 4.74 Å². The molecule has 3 rings (SSSR count). The minimum Gasteiger partial charge on any atom is -0.399 e. The van der Waals surface area contributed by atoms with Crippen molar-refractivity contribution in [2.75, 3.05) is 12.3 Å². The summed E-state index contributed by atoms with van der Waals surface area (Å²) in [6.07, 6.45) is 6.83. The molecule has 1 aliphatic carbocycles. The Balaban J connectivity index is 1.68. The number of hydrogen-bond acceptors (Lipinski definition) is 3. The zero-order valence-electron chi connectivity index (χ0n) is 13.3. The minimum atomic E-state index is 0.0957. The van der Waals surface area contributed by atoms with Gasteiger partial charge in [-0.05, 0) is 61.8 Å². The van der Waals surface area contributed by atoms with Crippen molar-refractivity contribution in [3.05, 3.63) is 29.3 Å². The largest absolute Gasteiger partial charge is 0.399 e. The van der Waals surface area contributed by atoms with Gasteiger partial charge in [0.25, 0.3) is 0 Å². The Kier molecular flexibility index (Phi) is 4.23. The van der Waals surface area contributed by atoms with Crippen LogP contribution in [0.2, 0.25) is 0 Å². The Morgan fingerprint density at radius 1 is 1.29 bits per heavy atom. The molecule has 2 unspecified atom stereocenters. The third kappa shape index (κ3) is 2.95. The fourth-order valence-electron chi connectivity index (χ4n) is 4.01. The van der Waals surface area contributed by atoms with E-state index in [-0.39, 0.29) is 5.60 Å². The van der Waals surface area contributed by atoms with Gasteiger partial charge in [0.15, 0.2) is 0 Å². The van der Waals surface area contributed by atoms with E-state index in [9.17, 15) is 0 Å². The third-order valence-corrected chi connectivity index (χ3v) is 5.46. The Hall–Kier alpha value is -1.06. The van der Waals surface area contributed by atoms with Gasteiger partial charge in [0, 0.05) is 24.4 Å². The van der Waals surface area contributed by atoms with Crippen LogP contribution < -0.4 is 11.1 Å². The Bertz CT molecular complexity index is 496. The highest BCUT2D eigenvalue weighted by molar-refractivity contribution is 5.47. The summed E-state index contributed by atoms with van der Waals surface area (Å²) in [6, 6.07) is 7.46. The lowest BCUT2D eigenvalue weighted by Gasteiger charge is -2.41. The van der Waals surface area contributed by atoms with Crippen LogP contribution in [0.4, 0.5) is 5.69 Å². The number of nitrogens with one attached hydrogen (secondary N) is 1. The molecule has 0 aromatic heterocycles. The fraction of sp³-hybridized carbons (Fsp3) is 0.667. The number of hydrogen-bond donors (Lipinski definition) is 2. The first-order chi connectivity index (χ1) is 10.2. The molecule has 0 spiro atoms. The molecule has 0 saturated carbocycles. The average Bonchev–Trinajstić information content (AvgIpc) is 2.89. The van der Waals surface area contributed by atoms with Crippen LogP contribution in [0.15, 0.2) is 18.2 Å². The van der Waals surface area contributed by atoms with Crippen LogP contribution in [0.25, 0.3) is 0 Å². The molecule has 2 aliphatic rings. The van der Waals surface area contributed by atoms with Gasteiger partial charge in [0.2, 0.25) is 0 Å². The van der Waals surface area contributed by atoms with Crippen LogP contribution in [-0.2, 0) is 11.2 Å². The molecule has 3 N–H and O–H groups in total. The Morgan fingerprint density at radius 2 is 2.10 bits per heavy atom. The highest BCUT2D eigenvalue weighted by atomic mass is 16.5. The maximum atomic E-state index is 6.09. The Labute approximate surface area is 128 Å². The summed E-state index contributed by atoms with van der Waals surface area (Å²) in [5.74, 6) is 0. The number of aryl methyl sites for hydroxylation is 1. The molecule has 1 aliphatic heterocycles.